The zero-order chi connectivity index (χ0) is 9.00. The lowest BCUT2D eigenvalue weighted by atomic mass is 9.90. The quantitative estimate of drug-likeness (QED) is 0.689. The minimum atomic E-state index is -0.586. The van der Waals surface area contributed by atoms with Crippen LogP contribution in [-0.4, -0.2) is 34.6 Å². The van der Waals surface area contributed by atoms with Gasteiger partial charge in [0.05, 0.1) is 0 Å². The molecule has 0 radical (unpaired) electrons. The number of hydrogen-bond acceptors (Lipinski definition) is 2. The molecule has 3 heteroatoms. The monoisotopic (exact) mass is 181 g/mol. The van der Waals surface area contributed by atoms with Crippen molar-refractivity contribution in [3.05, 3.63) is 0 Å². The van der Waals surface area contributed by atoms with Crippen LogP contribution in [0.1, 0.15) is 25.7 Å². The summed E-state index contributed by atoms with van der Waals surface area (Å²) in [6, 6.07) is 0.476. The Bertz CT molecular complexity index is 249. The molecule has 3 fully saturated rings. The number of fused-ring (bicyclic) bond motifs is 1. The summed E-state index contributed by atoms with van der Waals surface area (Å²) < 4.78 is 0. The van der Waals surface area contributed by atoms with Gasteiger partial charge >= 0.3 is 5.97 Å². The van der Waals surface area contributed by atoms with Crippen molar-refractivity contribution in [3.63, 3.8) is 0 Å². The molecule has 0 aromatic carbocycles. The second-order valence-corrected chi connectivity index (χ2v) is 4.72. The van der Waals surface area contributed by atoms with Crippen LogP contribution in [0.3, 0.4) is 0 Å². The first-order valence-corrected chi connectivity index (χ1v) is 5.26. The first-order valence-electron chi connectivity index (χ1n) is 5.26. The molecule has 13 heavy (non-hydrogen) atoms. The summed E-state index contributed by atoms with van der Waals surface area (Å²) in [5.74, 6) is 0.636. The summed E-state index contributed by atoms with van der Waals surface area (Å²) >= 11 is 0. The standard InChI is InChI=1S/C10H15NO2/c12-10(13)9-8-4-6(8)5-11(9)7-2-1-3-7/h6-9H,1-5H2,(H,12,13). The fraction of sp³-hybridized carbons (Fsp3) is 0.900. The molecule has 0 aromatic rings. The molecule has 3 rings (SSSR count). The third-order valence-corrected chi connectivity index (χ3v) is 3.98. The van der Waals surface area contributed by atoms with Gasteiger partial charge in [-0.15, -0.1) is 0 Å². The van der Waals surface area contributed by atoms with E-state index in [-0.39, 0.29) is 6.04 Å². The van der Waals surface area contributed by atoms with Crippen LogP contribution < -0.4 is 0 Å². The van der Waals surface area contributed by atoms with Crippen LogP contribution >= 0.6 is 0 Å². The number of carbonyl (C=O) groups is 1. The maximum absolute atomic E-state index is 11.1. The predicted octanol–water partition coefficient (Wildman–Crippen LogP) is 0.944. The molecule has 0 amide bonds. The SMILES string of the molecule is O=C(O)C1C2CC2CN1C1CCC1. The Kier molecular flexibility index (Phi) is 1.48. The van der Waals surface area contributed by atoms with E-state index in [9.17, 15) is 4.79 Å². The first kappa shape index (κ1) is 7.80. The van der Waals surface area contributed by atoms with Gasteiger partial charge in [-0.1, -0.05) is 6.42 Å². The molecule has 0 bridgehead atoms. The Morgan fingerprint density at radius 2 is 2.15 bits per heavy atom. The number of carboxylic acids is 1. The van der Waals surface area contributed by atoms with Gasteiger partial charge in [0.25, 0.3) is 0 Å². The van der Waals surface area contributed by atoms with Gasteiger partial charge in [0.15, 0.2) is 0 Å². The molecule has 2 aliphatic carbocycles. The van der Waals surface area contributed by atoms with Crippen LogP contribution in [0.5, 0.6) is 0 Å². The van der Waals surface area contributed by atoms with Crippen LogP contribution in [0.25, 0.3) is 0 Å². The molecule has 1 aliphatic heterocycles. The van der Waals surface area contributed by atoms with Crippen LogP contribution in [0.15, 0.2) is 0 Å². The third-order valence-electron chi connectivity index (χ3n) is 3.98. The maximum Gasteiger partial charge on any atom is 0.321 e. The van der Waals surface area contributed by atoms with Gasteiger partial charge < -0.3 is 5.11 Å². The number of nitrogens with zero attached hydrogens (tertiary/aromatic N) is 1. The summed E-state index contributed by atoms with van der Waals surface area (Å²) in [7, 11) is 0. The molecular formula is C10H15NO2. The minimum absolute atomic E-state index is 0.129. The lowest BCUT2D eigenvalue weighted by Crippen LogP contribution is -2.48. The van der Waals surface area contributed by atoms with Crippen molar-refractivity contribution in [3.8, 4) is 0 Å². The fourth-order valence-electron chi connectivity index (χ4n) is 2.92. The predicted molar refractivity (Wildman–Crippen MR) is 47.4 cm³/mol. The highest BCUT2D eigenvalue weighted by Gasteiger charge is 2.57. The van der Waals surface area contributed by atoms with Crippen LogP contribution in [0.2, 0.25) is 0 Å². The smallest absolute Gasteiger partial charge is 0.321 e. The van der Waals surface area contributed by atoms with Gasteiger partial charge in [-0.3, -0.25) is 9.69 Å². The largest absolute Gasteiger partial charge is 0.480 e. The molecule has 3 aliphatic rings. The zero-order valence-electron chi connectivity index (χ0n) is 7.65. The van der Waals surface area contributed by atoms with E-state index in [0.717, 1.165) is 12.5 Å². The molecule has 3 atom stereocenters. The van der Waals surface area contributed by atoms with Gasteiger partial charge in [0, 0.05) is 12.6 Å². The minimum Gasteiger partial charge on any atom is -0.480 e. The second kappa shape index (κ2) is 2.47. The van der Waals surface area contributed by atoms with E-state index in [1.54, 1.807) is 0 Å². The highest BCUT2D eigenvalue weighted by Crippen LogP contribution is 2.51. The summed E-state index contributed by atoms with van der Waals surface area (Å²) in [5, 5.41) is 9.11. The Morgan fingerprint density at radius 3 is 2.69 bits per heavy atom. The van der Waals surface area contributed by atoms with E-state index < -0.39 is 5.97 Å². The van der Waals surface area contributed by atoms with E-state index in [1.165, 1.54) is 25.7 Å². The number of aliphatic carboxylic acids is 1. The van der Waals surface area contributed by atoms with E-state index in [4.69, 9.17) is 5.11 Å². The maximum atomic E-state index is 11.1. The number of likely N-dealkylation sites (tertiary alicyclic amines) is 1. The molecule has 1 saturated heterocycles. The van der Waals surface area contributed by atoms with E-state index in [1.807, 2.05) is 0 Å². The van der Waals surface area contributed by atoms with Gasteiger partial charge in [-0.2, -0.15) is 0 Å². The average molecular weight is 181 g/mol. The summed E-state index contributed by atoms with van der Waals surface area (Å²) in [4.78, 5) is 13.3. The summed E-state index contributed by atoms with van der Waals surface area (Å²) in [5.41, 5.74) is 0. The van der Waals surface area contributed by atoms with E-state index in [0.29, 0.717) is 12.0 Å². The topological polar surface area (TPSA) is 40.5 Å². The molecule has 1 heterocycles. The van der Waals surface area contributed by atoms with Crippen molar-refractivity contribution in [2.75, 3.05) is 6.54 Å². The molecule has 72 valence electrons. The van der Waals surface area contributed by atoms with Crippen LogP contribution in [0, 0.1) is 11.8 Å². The van der Waals surface area contributed by atoms with Gasteiger partial charge in [0.1, 0.15) is 6.04 Å². The van der Waals surface area contributed by atoms with Crippen molar-refractivity contribution < 1.29 is 9.90 Å². The van der Waals surface area contributed by atoms with Gasteiger partial charge in [-0.05, 0) is 31.1 Å². The zero-order valence-corrected chi connectivity index (χ0v) is 7.65. The second-order valence-electron chi connectivity index (χ2n) is 4.72. The highest BCUT2D eigenvalue weighted by molar-refractivity contribution is 5.75. The number of piperidine rings is 1. The normalized spacial score (nSPS) is 44.2. The van der Waals surface area contributed by atoms with Gasteiger partial charge in [0.2, 0.25) is 0 Å². The number of hydrogen-bond donors (Lipinski definition) is 1. The Balaban J connectivity index is 1.76. The van der Waals surface area contributed by atoms with Crippen LogP contribution in [-0.2, 0) is 4.79 Å². The van der Waals surface area contributed by atoms with Crippen LogP contribution in [0.4, 0.5) is 0 Å². The van der Waals surface area contributed by atoms with E-state index in [2.05, 4.69) is 4.90 Å². The summed E-state index contributed by atoms with van der Waals surface area (Å²) in [6.45, 7) is 1.06. The number of rotatable bonds is 2. The van der Waals surface area contributed by atoms with Crippen molar-refractivity contribution in [2.24, 2.45) is 11.8 Å². The molecule has 3 unspecified atom stereocenters. The van der Waals surface area contributed by atoms with Gasteiger partial charge in [-0.25, -0.2) is 0 Å². The Hall–Kier alpha value is -0.570. The molecule has 3 nitrogen and oxygen atoms in total. The first-order chi connectivity index (χ1) is 6.27. The average Bonchev–Trinajstić information content (AvgIpc) is 2.58. The van der Waals surface area contributed by atoms with Crippen molar-refractivity contribution >= 4 is 5.97 Å². The summed E-state index contributed by atoms with van der Waals surface area (Å²) in [6.07, 6.45) is 4.91. The van der Waals surface area contributed by atoms with Crippen molar-refractivity contribution in [1.82, 2.24) is 4.90 Å². The molecule has 1 N–H and O–H groups in total. The Morgan fingerprint density at radius 1 is 1.38 bits per heavy atom. The third kappa shape index (κ3) is 1.03. The highest BCUT2D eigenvalue weighted by atomic mass is 16.4. The lowest BCUT2D eigenvalue weighted by molar-refractivity contribution is -0.144. The van der Waals surface area contributed by atoms with Crippen molar-refractivity contribution in [1.29, 1.82) is 0 Å². The molecule has 0 aromatic heterocycles. The Labute approximate surface area is 77.7 Å². The number of carboxylic acid groups (broad SMARTS) is 1. The fourth-order valence-corrected chi connectivity index (χ4v) is 2.92. The van der Waals surface area contributed by atoms with E-state index >= 15 is 0 Å². The molecule has 0 spiro atoms. The lowest BCUT2D eigenvalue weighted by Gasteiger charge is -2.38. The molecular weight excluding hydrogens is 166 g/mol. The molecule has 2 saturated carbocycles. The van der Waals surface area contributed by atoms with Crippen molar-refractivity contribution in [2.45, 2.75) is 37.8 Å².